The number of methoxy groups -OCH3 is 2. The number of hydrogen-bond acceptors (Lipinski definition) is 6. The molecule has 0 N–H and O–H groups in total. The van der Waals surface area contributed by atoms with Crippen LogP contribution in [0.5, 0.6) is 11.5 Å². The Hall–Kier alpha value is -2.64. The van der Waals surface area contributed by atoms with Crippen molar-refractivity contribution in [2.75, 3.05) is 46.3 Å². The van der Waals surface area contributed by atoms with E-state index in [0.717, 1.165) is 22.3 Å². The number of aromatic nitrogens is 1. The quantitative estimate of drug-likeness (QED) is 0.583. The Morgan fingerprint density at radius 2 is 1.69 bits per heavy atom. The molecule has 0 atom stereocenters. The number of fused-ring (bicyclic) bond motifs is 1. The molecule has 0 aliphatic heterocycles. The minimum atomic E-state index is -0.127. The van der Waals surface area contributed by atoms with E-state index in [1.807, 2.05) is 14.1 Å². The van der Waals surface area contributed by atoms with Gasteiger partial charge in [-0.25, -0.2) is 4.98 Å². The van der Waals surface area contributed by atoms with Gasteiger partial charge < -0.3 is 14.4 Å². The van der Waals surface area contributed by atoms with Crippen molar-refractivity contribution in [1.82, 2.24) is 9.88 Å². The Morgan fingerprint density at radius 1 is 1.03 bits per heavy atom. The highest BCUT2D eigenvalue weighted by Gasteiger charge is 2.23. The summed E-state index contributed by atoms with van der Waals surface area (Å²) in [7, 11) is 7.13. The molecule has 1 aromatic heterocycles. The monoisotopic (exact) mass is 413 g/mol. The maximum Gasteiger partial charge on any atom is 0.260 e. The number of rotatable bonds is 7. The van der Waals surface area contributed by atoms with Gasteiger partial charge in [0.1, 0.15) is 11.5 Å². The number of nitrogens with zero attached hydrogens (tertiary/aromatic N) is 3. The van der Waals surface area contributed by atoms with Crippen LogP contribution < -0.4 is 14.4 Å². The molecule has 3 rings (SSSR count). The molecule has 1 amide bonds. The molecule has 0 saturated heterocycles. The Bertz CT molecular complexity index is 1010. The lowest BCUT2D eigenvalue weighted by Crippen LogP contribution is -2.36. The highest BCUT2D eigenvalue weighted by molar-refractivity contribution is 7.22. The molecule has 0 saturated carbocycles. The highest BCUT2D eigenvalue weighted by atomic mass is 32.1. The van der Waals surface area contributed by atoms with Gasteiger partial charge in [0.15, 0.2) is 5.13 Å². The second-order valence-electron chi connectivity index (χ2n) is 7.21. The Morgan fingerprint density at radius 3 is 2.28 bits per heavy atom. The number of likely N-dealkylation sites (N-methyl/N-ethyl adjacent to an activating group) is 1. The van der Waals surface area contributed by atoms with E-state index in [4.69, 9.17) is 14.5 Å². The van der Waals surface area contributed by atoms with Crippen molar-refractivity contribution in [2.45, 2.75) is 13.8 Å². The number of ether oxygens (including phenoxy) is 2. The number of thiazole rings is 1. The van der Waals surface area contributed by atoms with Crippen LogP contribution >= 0.6 is 11.3 Å². The first kappa shape index (κ1) is 21.1. The number of carbonyl (C=O) groups is 1. The molecular formula is C22H27N3O3S. The number of benzene rings is 2. The summed E-state index contributed by atoms with van der Waals surface area (Å²) < 4.78 is 11.7. The van der Waals surface area contributed by atoms with Crippen LogP contribution in [0.3, 0.4) is 0 Å². The number of anilines is 1. The molecule has 0 aliphatic carbocycles. The van der Waals surface area contributed by atoms with E-state index in [9.17, 15) is 4.79 Å². The van der Waals surface area contributed by atoms with E-state index >= 15 is 0 Å². The Kier molecular flexibility index (Phi) is 6.39. The van der Waals surface area contributed by atoms with Gasteiger partial charge in [0.2, 0.25) is 0 Å². The normalized spacial score (nSPS) is 11.1. The minimum absolute atomic E-state index is 0.127. The third-order valence-electron chi connectivity index (χ3n) is 4.92. The fourth-order valence-electron chi connectivity index (χ4n) is 3.00. The van der Waals surface area contributed by atoms with Crippen LogP contribution in [0, 0.1) is 13.8 Å². The number of aryl methyl sites for hydroxylation is 2. The maximum atomic E-state index is 13.5. The van der Waals surface area contributed by atoms with Gasteiger partial charge in [-0.15, -0.1) is 0 Å². The summed E-state index contributed by atoms with van der Waals surface area (Å²) in [4.78, 5) is 22.1. The molecule has 0 spiro atoms. The number of amides is 1. The van der Waals surface area contributed by atoms with Crippen molar-refractivity contribution in [1.29, 1.82) is 0 Å². The lowest BCUT2D eigenvalue weighted by Gasteiger charge is -2.22. The third kappa shape index (κ3) is 4.52. The molecule has 0 bridgehead atoms. The van der Waals surface area contributed by atoms with E-state index < -0.39 is 0 Å². The summed E-state index contributed by atoms with van der Waals surface area (Å²) in [5.74, 6) is 1.03. The summed E-state index contributed by atoms with van der Waals surface area (Å²) in [6.45, 7) is 5.40. The predicted octanol–water partition coefficient (Wildman–Crippen LogP) is 4.14. The average Bonchev–Trinajstić information content (AvgIpc) is 3.14. The minimum Gasteiger partial charge on any atom is -0.497 e. The summed E-state index contributed by atoms with van der Waals surface area (Å²) >= 11 is 1.54. The fraction of sp³-hybridized carbons (Fsp3) is 0.364. The molecule has 0 fully saturated rings. The molecule has 29 heavy (non-hydrogen) atoms. The van der Waals surface area contributed by atoms with Gasteiger partial charge >= 0.3 is 0 Å². The molecule has 154 valence electrons. The van der Waals surface area contributed by atoms with Gasteiger partial charge in [0, 0.05) is 24.7 Å². The van der Waals surface area contributed by atoms with Crippen LogP contribution in [-0.4, -0.2) is 57.2 Å². The van der Waals surface area contributed by atoms with Gasteiger partial charge in [0.05, 0.1) is 24.4 Å². The lowest BCUT2D eigenvalue weighted by atomic mass is 10.1. The predicted molar refractivity (Wildman–Crippen MR) is 119 cm³/mol. The first-order valence-electron chi connectivity index (χ1n) is 9.40. The van der Waals surface area contributed by atoms with Crippen LogP contribution in [0.1, 0.15) is 21.5 Å². The molecule has 0 unspecified atom stereocenters. The Labute approximate surface area is 175 Å². The zero-order valence-corrected chi connectivity index (χ0v) is 18.6. The first-order chi connectivity index (χ1) is 13.8. The SMILES string of the molecule is COc1cc(OC)cc(C(=O)N(CCN(C)C)c2nc3c(C)c(C)ccc3s2)c1. The maximum absolute atomic E-state index is 13.5. The van der Waals surface area contributed by atoms with Gasteiger partial charge in [0.25, 0.3) is 5.91 Å². The van der Waals surface area contributed by atoms with Crippen LogP contribution in [0.15, 0.2) is 30.3 Å². The van der Waals surface area contributed by atoms with Crippen molar-refractivity contribution >= 4 is 32.6 Å². The topological polar surface area (TPSA) is 54.9 Å². The largest absolute Gasteiger partial charge is 0.497 e. The smallest absolute Gasteiger partial charge is 0.260 e. The summed E-state index contributed by atoms with van der Waals surface area (Å²) in [5, 5.41) is 0.697. The summed E-state index contributed by atoms with van der Waals surface area (Å²) in [6, 6.07) is 9.39. The molecule has 3 aromatic rings. The summed E-state index contributed by atoms with van der Waals surface area (Å²) in [5.41, 5.74) is 3.80. The van der Waals surface area contributed by atoms with Crippen molar-refractivity contribution in [3.8, 4) is 11.5 Å². The number of hydrogen-bond donors (Lipinski definition) is 0. The molecule has 2 aromatic carbocycles. The third-order valence-corrected chi connectivity index (χ3v) is 5.96. The highest BCUT2D eigenvalue weighted by Crippen LogP contribution is 2.33. The molecule has 1 heterocycles. The standard InChI is InChI=1S/C22H27N3O3S/c1-14-7-8-19-20(15(14)2)23-22(29-19)25(10-9-24(3)4)21(26)16-11-17(27-5)13-18(12-16)28-6/h7-8,11-13H,9-10H2,1-6H3. The van der Waals surface area contributed by atoms with Gasteiger partial charge in [-0.2, -0.15) is 0 Å². The van der Waals surface area contributed by atoms with Crippen molar-refractivity contribution < 1.29 is 14.3 Å². The van der Waals surface area contributed by atoms with E-state index in [0.29, 0.717) is 28.7 Å². The van der Waals surface area contributed by atoms with Crippen molar-refractivity contribution in [3.05, 3.63) is 47.0 Å². The zero-order chi connectivity index (χ0) is 21.1. The van der Waals surface area contributed by atoms with Crippen LogP contribution in [0.4, 0.5) is 5.13 Å². The second-order valence-corrected chi connectivity index (χ2v) is 8.22. The lowest BCUT2D eigenvalue weighted by molar-refractivity contribution is 0.0984. The van der Waals surface area contributed by atoms with E-state index in [-0.39, 0.29) is 5.91 Å². The van der Waals surface area contributed by atoms with Crippen molar-refractivity contribution in [3.63, 3.8) is 0 Å². The van der Waals surface area contributed by atoms with Crippen LogP contribution in [0.2, 0.25) is 0 Å². The second kappa shape index (κ2) is 8.80. The van der Waals surface area contributed by atoms with Gasteiger partial charge in [-0.05, 0) is 57.3 Å². The van der Waals surface area contributed by atoms with Crippen LogP contribution in [-0.2, 0) is 0 Å². The Balaban J connectivity index is 2.06. The molecule has 0 aliphatic rings. The molecule has 7 heteroatoms. The van der Waals surface area contributed by atoms with E-state index in [1.54, 1.807) is 37.3 Å². The summed E-state index contributed by atoms with van der Waals surface area (Å²) in [6.07, 6.45) is 0. The molecule has 6 nitrogen and oxygen atoms in total. The average molecular weight is 414 g/mol. The van der Waals surface area contributed by atoms with Gasteiger partial charge in [-0.3, -0.25) is 9.69 Å². The van der Waals surface area contributed by atoms with Crippen molar-refractivity contribution in [2.24, 2.45) is 0 Å². The van der Waals surface area contributed by atoms with Crippen LogP contribution in [0.25, 0.3) is 10.2 Å². The number of carbonyl (C=O) groups excluding carboxylic acids is 1. The molecule has 0 radical (unpaired) electrons. The fourth-order valence-corrected chi connectivity index (χ4v) is 4.05. The molecular weight excluding hydrogens is 386 g/mol. The van der Waals surface area contributed by atoms with E-state index in [2.05, 4.69) is 30.9 Å². The first-order valence-corrected chi connectivity index (χ1v) is 10.2. The van der Waals surface area contributed by atoms with E-state index in [1.165, 1.54) is 16.9 Å². The van der Waals surface area contributed by atoms with Gasteiger partial charge in [-0.1, -0.05) is 17.4 Å². The zero-order valence-electron chi connectivity index (χ0n) is 17.8.